The SMILES string of the molecule is COc1cc2c(cc1OC)C1O[C@H](OC)c3c(ccc(OC)c3OC)[C@H]1N(C)CC2. The van der Waals surface area contributed by atoms with Crippen LogP contribution in [0.25, 0.3) is 0 Å². The number of hydrogen-bond acceptors (Lipinski definition) is 7. The van der Waals surface area contributed by atoms with Gasteiger partial charge >= 0.3 is 0 Å². The molecule has 2 aromatic rings. The maximum atomic E-state index is 6.56. The van der Waals surface area contributed by atoms with Gasteiger partial charge in [0.1, 0.15) is 6.10 Å². The smallest absolute Gasteiger partial charge is 0.188 e. The molecule has 0 spiro atoms. The summed E-state index contributed by atoms with van der Waals surface area (Å²) >= 11 is 0. The minimum atomic E-state index is -0.584. The van der Waals surface area contributed by atoms with Crippen LogP contribution in [0.2, 0.25) is 0 Å². The molecule has 0 radical (unpaired) electrons. The lowest BCUT2D eigenvalue weighted by atomic mass is 9.87. The first-order valence-electron chi connectivity index (χ1n) is 9.95. The van der Waals surface area contributed by atoms with Gasteiger partial charge in [0.15, 0.2) is 29.3 Å². The van der Waals surface area contributed by atoms with Crippen molar-refractivity contribution in [2.24, 2.45) is 0 Å². The van der Waals surface area contributed by atoms with Crippen molar-refractivity contribution in [3.63, 3.8) is 0 Å². The molecule has 3 atom stereocenters. The molecular weight excluding hydrogens is 386 g/mol. The molecule has 7 nitrogen and oxygen atoms in total. The minimum Gasteiger partial charge on any atom is -0.493 e. The summed E-state index contributed by atoms with van der Waals surface area (Å²) in [5.74, 6) is 2.72. The second-order valence-corrected chi connectivity index (χ2v) is 7.51. The predicted octanol–water partition coefficient (Wildman–Crippen LogP) is 3.67. The van der Waals surface area contributed by atoms with Gasteiger partial charge in [-0.15, -0.1) is 0 Å². The Labute approximate surface area is 177 Å². The lowest BCUT2D eigenvalue weighted by molar-refractivity contribution is -0.190. The van der Waals surface area contributed by atoms with Gasteiger partial charge in [-0.25, -0.2) is 0 Å². The zero-order valence-corrected chi connectivity index (χ0v) is 18.4. The van der Waals surface area contributed by atoms with Crippen molar-refractivity contribution in [1.82, 2.24) is 4.90 Å². The molecule has 0 saturated heterocycles. The standard InChI is InChI=1S/C23H29NO6/c1-24-10-9-13-11-17(26-3)18(27-4)12-15(13)21-20(24)14-7-8-16(25-2)22(28-5)19(14)23(29-6)30-21/h7-8,11-12,20-21,23H,9-10H2,1-6H3/t20-,21?,23+/m1/s1. The molecule has 2 heterocycles. The third kappa shape index (κ3) is 3.17. The largest absolute Gasteiger partial charge is 0.493 e. The van der Waals surface area contributed by atoms with Crippen molar-refractivity contribution in [3.05, 3.63) is 46.5 Å². The number of benzene rings is 2. The van der Waals surface area contributed by atoms with Crippen LogP contribution in [0.1, 0.15) is 40.7 Å². The van der Waals surface area contributed by atoms with Crippen molar-refractivity contribution in [1.29, 1.82) is 0 Å². The summed E-state index contributed by atoms with van der Waals surface area (Å²) in [5, 5.41) is 0. The first kappa shape index (κ1) is 20.8. The first-order valence-corrected chi connectivity index (χ1v) is 9.95. The van der Waals surface area contributed by atoms with E-state index in [0.717, 1.165) is 35.4 Å². The molecule has 2 aromatic carbocycles. The summed E-state index contributed by atoms with van der Waals surface area (Å²) < 4.78 is 34.7. The Hall–Kier alpha value is -2.48. The number of nitrogens with zero attached hydrogens (tertiary/aromatic N) is 1. The van der Waals surface area contributed by atoms with Gasteiger partial charge in [-0.2, -0.15) is 0 Å². The molecule has 30 heavy (non-hydrogen) atoms. The zero-order valence-electron chi connectivity index (χ0n) is 18.4. The van der Waals surface area contributed by atoms with E-state index in [9.17, 15) is 0 Å². The maximum absolute atomic E-state index is 6.56. The van der Waals surface area contributed by atoms with Gasteiger partial charge in [0.05, 0.1) is 40.0 Å². The van der Waals surface area contributed by atoms with Crippen molar-refractivity contribution < 1.29 is 28.4 Å². The van der Waals surface area contributed by atoms with Crippen molar-refractivity contribution in [2.75, 3.05) is 49.1 Å². The summed E-state index contributed by atoms with van der Waals surface area (Å²) in [6.45, 7) is 0.873. The number of fused-ring (bicyclic) bond motifs is 5. The van der Waals surface area contributed by atoms with E-state index >= 15 is 0 Å². The molecule has 0 bridgehead atoms. The highest BCUT2D eigenvalue weighted by Crippen LogP contribution is 2.54. The van der Waals surface area contributed by atoms with E-state index in [4.69, 9.17) is 28.4 Å². The van der Waals surface area contributed by atoms with Gasteiger partial charge in [0.25, 0.3) is 0 Å². The quantitative estimate of drug-likeness (QED) is 0.739. The second-order valence-electron chi connectivity index (χ2n) is 7.51. The molecule has 0 aliphatic carbocycles. The highest BCUT2D eigenvalue weighted by molar-refractivity contribution is 5.55. The average molecular weight is 415 g/mol. The minimum absolute atomic E-state index is 0.00874. The predicted molar refractivity (Wildman–Crippen MR) is 112 cm³/mol. The molecule has 2 aliphatic rings. The van der Waals surface area contributed by atoms with Gasteiger partial charge < -0.3 is 28.4 Å². The van der Waals surface area contributed by atoms with Crippen molar-refractivity contribution in [2.45, 2.75) is 24.9 Å². The third-order valence-electron chi connectivity index (χ3n) is 6.10. The second kappa shape index (κ2) is 8.34. The fourth-order valence-corrected chi connectivity index (χ4v) is 4.65. The molecule has 0 aromatic heterocycles. The Morgan fingerprint density at radius 1 is 0.867 bits per heavy atom. The van der Waals surface area contributed by atoms with Gasteiger partial charge in [0, 0.05) is 13.7 Å². The fraction of sp³-hybridized carbons (Fsp3) is 0.478. The number of ether oxygens (including phenoxy) is 6. The van der Waals surface area contributed by atoms with E-state index in [1.54, 1.807) is 35.5 Å². The fourth-order valence-electron chi connectivity index (χ4n) is 4.65. The number of rotatable bonds is 5. The van der Waals surface area contributed by atoms with Gasteiger partial charge in [-0.3, -0.25) is 4.90 Å². The van der Waals surface area contributed by atoms with Crippen LogP contribution in [0.3, 0.4) is 0 Å². The molecular formula is C23H29NO6. The van der Waals surface area contributed by atoms with E-state index in [0.29, 0.717) is 17.2 Å². The molecule has 162 valence electrons. The monoisotopic (exact) mass is 415 g/mol. The Balaban J connectivity index is 1.92. The Kier molecular flexibility index (Phi) is 5.77. The van der Waals surface area contributed by atoms with Gasteiger partial charge in [-0.05, 0) is 48.4 Å². The van der Waals surface area contributed by atoms with Crippen LogP contribution in [-0.2, 0) is 15.9 Å². The lowest BCUT2D eigenvalue weighted by Crippen LogP contribution is -2.35. The van der Waals surface area contributed by atoms with Crippen LogP contribution >= 0.6 is 0 Å². The molecule has 0 amide bonds. The molecule has 4 rings (SSSR count). The van der Waals surface area contributed by atoms with Crippen LogP contribution in [0.5, 0.6) is 23.0 Å². The summed E-state index contributed by atoms with van der Waals surface area (Å²) in [5.41, 5.74) is 4.26. The number of hydrogen-bond donors (Lipinski definition) is 0. The molecule has 7 heteroatoms. The topological polar surface area (TPSA) is 58.6 Å². The van der Waals surface area contributed by atoms with Crippen LogP contribution < -0.4 is 18.9 Å². The molecule has 0 fully saturated rings. The van der Waals surface area contributed by atoms with E-state index in [1.807, 2.05) is 12.1 Å². The van der Waals surface area contributed by atoms with Gasteiger partial charge in [0.2, 0.25) is 0 Å². The maximum Gasteiger partial charge on any atom is 0.188 e. The van der Waals surface area contributed by atoms with Crippen LogP contribution in [0, 0.1) is 0 Å². The van der Waals surface area contributed by atoms with E-state index < -0.39 is 6.29 Å². The average Bonchev–Trinajstić information content (AvgIpc) is 2.92. The van der Waals surface area contributed by atoms with E-state index in [-0.39, 0.29) is 12.1 Å². The Bertz CT molecular complexity index is 930. The van der Waals surface area contributed by atoms with E-state index in [2.05, 4.69) is 24.1 Å². The van der Waals surface area contributed by atoms with Crippen molar-refractivity contribution in [3.8, 4) is 23.0 Å². The van der Waals surface area contributed by atoms with Crippen LogP contribution in [0.4, 0.5) is 0 Å². The molecule has 2 aliphatic heterocycles. The zero-order chi connectivity index (χ0) is 21.4. The Morgan fingerprint density at radius 3 is 2.20 bits per heavy atom. The van der Waals surface area contributed by atoms with Gasteiger partial charge in [-0.1, -0.05) is 6.07 Å². The molecule has 0 N–H and O–H groups in total. The van der Waals surface area contributed by atoms with E-state index in [1.165, 1.54) is 5.56 Å². The number of likely N-dealkylation sites (N-methyl/N-ethyl adjacent to an activating group) is 1. The first-order chi connectivity index (χ1) is 14.6. The summed E-state index contributed by atoms with van der Waals surface area (Å²) in [6, 6.07) is 8.11. The van der Waals surface area contributed by atoms with Crippen LogP contribution in [-0.4, -0.2) is 54.0 Å². The third-order valence-corrected chi connectivity index (χ3v) is 6.10. The molecule has 1 unspecified atom stereocenters. The summed E-state index contributed by atoms with van der Waals surface area (Å²) in [4.78, 5) is 2.32. The van der Waals surface area contributed by atoms with Crippen LogP contribution in [0.15, 0.2) is 24.3 Å². The molecule has 0 saturated carbocycles. The number of methoxy groups -OCH3 is 5. The highest BCUT2D eigenvalue weighted by atomic mass is 16.7. The normalized spacial score (nSPS) is 22.9. The lowest BCUT2D eigenvalue weighted by Gasteiger charge is -2.41. The van der Waals surface area contributed by atoms with Crippen molar-refractivity contribution >= 4 is 0 Å². The highest BCUT2D eigenvalue weighted by Gasteiger charge is 2.43. The summed E-state index contributed by atoms with van der Waals surface area (Å²) in [7, 11) is 10.3. The Morgan fingerprint density at radius 2 is 1.57 bits per heavy atom. The summed E-state index contributed by atoms with van der Waals surface area (Å²) in [6.07, 6.45) is 0.0598.